The Morgan fingerprint density at radius 2 is 2.12 bits per heavy atom. The normalized spacial score (nSPS) is 13.1. The van der Waals surface area contributed by atoms with Crippen LogP contribution in [0.1, 0.15) is 6.92 Å². The molecule has 17 heavy (non-hydrogen) atoms. The van der Waals surface area contributed by atoms with Crippen molar-refractivity contribution in [2.45, 2.75) is 17.9 Å². The van der Waals surface area contributed by atoms with Crippen molar-refractivity contribution in [2.75, 3.05) is 0 Å². The second-order valence-corrected chi connectivity index (χ2v) is 6.64. The van der Waals surface area contributed by atoms with Crippen LogP contribution in [0.3, 0.4) is 0 Å². The van der Waals surface area contributed by atoms with E-state index in [1.54, 1.807) is 6.07 Å². The standard InChI is InChI=1S/C9H9BrClNO4S/c1-5(9(12)13)16-7-3-2-6(10)4-8(7)17(11,14)15/h2-5H,1H3,(H2,12,13). The second kappa shape index (κ2) is 5.24. The maximum atomic E-state index is 11.3. The SMILES string of the molecule is CC(Oc1ccc(Br)cc1S(=O)(=O)Cl)C(N)=O. The Hall–Kier alpha value is -0.790. The third-order valence-electron chi connectivity index (χ3n) is 1.87. The molecule has 0 aliphatic rings. The van der Waals surface area contributed by atoms with Crippen molar-refractivity contribution < 1.29 is 17.9 Å². The van der Waals surface area contributed by atoms with E-state index < -0.39 is 21.1 Å². The number of carbonyl (C=O) groups is 1. The largest absolute Gasteiger partial charge is 0.479 e. The molecule has 0 aliphatic heterocycles. The van der Waals surface area contributed by atoms with E-state index in [4.69, 9.17) is 21.2 Å². The number of nitrogens with two attached hydrogens (primary N) is 1. The molecule has 0 aliphatic carbocycles. The second-order valence-electron chi connectivity index (χ2n) is 3.19. The van der Waals surface area contributed by atoms with Gasteiger partial charge in [-0.3, -0.25) is 4.79 Å². The Labute approximate surface area is 111 Å². The lowest BCUT2D eigenvalue weighted by molar-refractivity contribution is -0.124. The van der Waals surface area contributed by atoms with Gasteiger partial charge in [-0.25, -0.2) is 8.42 Å². The van der Waals surface area contributed by atoms with Crippen LogP contribution >= 0.6 is 26.6 Å². The summed E-state index contributed by atoms with van der Waals surface area (Å²) in [6.45, 7) is 1.41. The zero-order valence-electron chi connectivity index (χ0n) is 8.68. The van der Waals surface area contributed by atoms with E-state index in [0.29, 0.717) is 4.47 Å². The minimum atomic E-state index is -3.96. The van der Waals surface area contributed by atoms with E-state index in [2.05, 4.69) is 15.9 Å². The third-order valence-corrected chi connectivity index (χ3v) is 3.71. The molecule has 1 aromatic carbocycles. The monoisotopic (exact) mass is 341 g/mol. The van der Waals surface area contributed by atoms with Crippen LogP contribution in [0.2, 0.25) is 0 Å². The summed E-state index contributed by atoms with van der Waals surface area (Å²) in [5.74, 6) is -0.722. The van der Waals surface area contributed by atoms with E-state index in [9.17, 15) is 13.2 Å². The summed E-state index contributed by atoms with van der Waals surface area (Å²) in [5.41, 5.74) is 5.02. The number of carbonyl (C=O) groups excluding carboxylic acids is 1. The van der Waals surface area contributed by atoms with E-state index in [-0.39, 0.29) is 10.6 Å². The highest BCUT2D eigenvalue weighted by atomic mass is 79.9. The summed E-state index contributed by atoms with van der Waals surface area (Å²) < 4.78 is 28.3. The molecule has 0 bridgehead atoms. The van der Waals surface area contributed by atoms with Crippen LogP contribution in [0.5, 0.6) is 5.75 Å². The van der Waals surface area contributed by atoms with E-state index in [1.807, 2.05) is 0 Å². The smallest absolute Gasteiger partial charge is 0.265 e. The van der Waals surface area contributed by atoms with Gasteiger partial charge in [-0.1, -0.05) is 15.9 Å². The summed E-state index contributed by atoms with van der Waals surface area (Å²) in [7, 11) is 1.29. The molecular weight excluding hydrogens is 334 g/mol. The average Bonchev–Trinajstić information content (AvgIpc) is 2.18. The minimum Gasteiger partial charge on any atom is -0.479 e. The minimum absolute atomic E-state index is 0.0190. The molecule has 5 nitrogen and oxygen atoms in total. The van der Waals surface area contributed by atoms with Gasteiger partial charge in [-0.2, -0.15) is 0 Å². The molecule has 8 heteroatoms. The number of halogens is 2. The molecule has 1 unspecified atom stereocenters. The van der Waals surface area contributed by atoms with Gasteiger partial charge in [0, 0.05) is 15.2 Å². The van der Waals surface area contributed by atoms with Gasteiger partial charge in [-0.05, 0) is 25.1 Å². The predicted octanol–water partition coefficient (Wildman–Crippen LogP) is 1.63. The van der Waals surface area contributed by atoms with Crippen LogP contribution in [0.25, 0.3) is 0 Å². The molecule has 0 saturated heterocycles. The van der Waals surface area contributed by atoms with Crippen LogP contribution in [-0.4, -0.2) is 20.4 Å². The van der Waals surface area contributed by atoms with E-state index in [0.717, 1.165) is 0 Å². The zero-order valence-corrected chi connectivity index (χ0v) is 11.8. The molecule has 1 rings (SSSR count). The van der Waals surface area contributed by atoms with Crippen molar-refractivity contribution in [1.29, 1.82) is 0 Å². The van der Waals surface area contributed by atoms with Gasteiger partial charge in [-0.15, -0.1) is 0 Å². The van der Waals surface area contributed by atoms with Gasteiger partial charge in [0.25, 0.3) is 15.0 Å². The first kappa shape index (κ1) is 14.3. The molecule has 0 spiro atoms. The van der Waals surface area contributed by atoms with Crippen LogP contribution in [0.4, 0.5) is 0 Å². The quantitative estimate of drug-likeness (QED) is 0.843. The maximum Gasteiger partial charge on any atom is 0.265 e. The molecule has 0 radical (unpaired) electrons. The Morgan fingerprint density at radius 1 is 1.53 bits per heavy atom. The van der Waals surface area contributed by atoms with Crippen molar-refractivity contribution in [3.05, 3.63) is 22.7 Å². The first-order valence-corrected chi connectivity index (χ1v) is 7.52. The summed E-state index contributed by atoms with van der Waals surface area (Å²) in [4.78, 5) is 10.6. The molecule has 1 amide bonds. The molecule has 1 atom stereocenters. The van der Waals surface area contributed by atoms with Gasteiger partial charge in [0.1, 0.15) is 10.6 Å². The summed E-state index contributed by atoms with van der Waals surface area (Å²) in [5, 5.41) is 0. The highest BCUT2D eigenvalue weighted by molar-refractivity contribution is 9.10. The molecule has 1 aromatic rings. The number of primary amides is 1. The summed E-state index contributed by atoms with van der Waals surface area (Å²) >= 11 is 3.11. The molecule has 94 valence electrons. The molecule has 0 heterocycles. The van der Waals surface area contributed by atoms with Crippen LogP contribution in [0, 0.1) is 0 Å². The van der Waals surface area contributed by atoms with Gasteiger partial charge in [0.2, 0.25) is 0 Å². The Kier molecular flexibility index (Phi) is 4.40. The number of hydrogen-bond donors (Lipinski definition) is 1. The lowest BCUT2D eigenvalue weighted by atomic mass is 10.3. The Morgan fingerprint density at radius 3 is 2.59 bits per heavy atom. The predicted molar refractivity (Wildman–Crippen MR) is 66.5 cm³/mol. The van der Waals surface area contributed by atoms with E-state index >= 15 is 0 Å². The highest BCUT2D eigenvalue weighted by Crippen LogP contribution is 2.30. The topological polar surface area (TPSA) is 86.5 Å². The lowest BCUT2D eigenvalue weighted by Gasteiger charge is -2.13. The Balaban J connectivity index is 3.21. The molecular formula is C9H9BrClNO4S. The zero-order chi connectivity index (χ0) is 13.2. The Bertz CT molecular complexity index is 546. The fourth-order valence-electron chi connectivity index (χ4n) is 1.02. The summed E-state index contributed by atoms with van der Waals surface area (Å²) in [6.07, 6.45) is -0.951. The maximum absolute atomic E-state index is 11.3. The van der Waals surface area contributed by atoms with Crippen molar-refractivity contribution in [2.24, 2.45) is 5.73 Å². The highest BCUT2D eigenvalue weighted by Gasteiger charge is 2.20. The fourth-order valence-corrected chi connectivity index (χ4v) is 2.52. The molecule has 0 aromatic heterocycles. The van der Waals surface area contributed by atoms with Gasteiger partial charge >= 0.3 is 0 Å². The van der Waals surface area contributed by atoms with Gasteiger partial charge in [0.15, 0.2) is 6.10 Å². The van der Waals surface area contributed by atoms with Crippen LogP contribution in [-0.2, 0) is 13.8 Å². The van der Waals surface area contributed by atoms with E-state index in [1.165, 1.54) is 19.1 Å². The number of ether oxygens (including phenoxy) is 1. The summed E-state index contributed by atoms with van der Waals surface area (Å²) in [6, 6.07) is 4.23. The first-order valence-electron chi connectivity index (χ1n) is 4.42. The van der Waals surface area contributed by atoms with Crippen molar-refractivity contribution >= 4 is 41.6 Å². The molecule has 2 N–H and O–H groups in total. The van der Waals surface area contributed by atoms with Crippen molar-refractivity contribution in [1.82, 2.24) is 0 Å². The number of hydrogen-bond acceptors (Lipinski definition) is 4. The number of amides is 1. The fraction of sp³-hybridized carbons (Fsp3) is 0.222. The first-order chi connectivity index (χ1) is 7.71. The molecule has 0 saturated carbocycles. The van der Waals surface area contributed by atoms with Crippen molar-refractivity contribution in [3.63, 3.8) is 0 Å². The van der Waals surface area contributed by atoms with Crippen molar-refractivity contribution in [3.8, 4) is 5.75 Å². The third kappa shape index (κ3) is 3.86. The lowest BCUT2D eigenvalue weighted by Crippen LogP contribution is -2.31. The van der Waals surface area contributed by atoms with Crippen LogP contribution < -0.4 is 10.5 Å². The average molecular weight is 343 g/mol. The number of rotatable bonds is 4. The molecule has 0 fully saturated rings. The van der Waals surface area contributed by atoms with Gasteiger partial charge in [0.05, 0.1) is 0 Å². The van der Waals surface area contributed by atoms with Crippen LogP contribution in [0.15, 0.2) is 27.6 Å². The van der Waals surface area contributed by atoms with Gasteiger partial charge < -0.3 is 10.5 Å². The number of benzene rings is 1.